The highest BCUT2D eigenvalue weighted by Crippen LogP contribution is 2.42. The van der Waals surface area contributed by atoms with Crippen molar-refractivity contribution in [2.24, 2.45) is 5.92 Å². The van der Waals surface area contributed by atoms with Crippen molar-refractivity contribution in [1.29, 1.82) is 0 Å². The van der Waals surface area contributed by atoms with E-state index in [0.29, 0.717) is 5.91 Å². The summed E-state index contributed by atoms with van der Waals surface area (Å²) in [7, 11) is 0. The molecular formula is C19H26N2O. The largest absolute Gasteiger partial charge is 0.311 e. The topological polar surface area (TPSA) is 23.6 Å². The Kier molecular flexibility index (Phi) is 3.48. The number of carbonyl (C=O) groups excluding carboxylic acids is 1. The second-order valence-corrected chi connectivity index (χ2v) is 7.42. The molecule has 1 aromatic rings. The van der Waals surface area contributed by atoms with Gasteiger partial charge in [-0.1, -0.05) is 17.7 Å². The molecule has 2 saturated heterocycles. The van der Waals surface area contributed by atoms with E-state index in [2.05, 4.69) is 36.1 Å². The normalized spacial score (nSPS) is 29.5. The van der Waals surface area contributed by atoms with Crippen LogP contribution in [0.1, 0.15) is 44.1 Å². The lowest BCUT2D eigenvalue weighted by atomic mass is 9.85. The van der Waals surface area contributed by atoms with Crippen molar-refractivity contribution in [2.75, 3.05) is 24.5 Å². The lowest BCUT2D eigenvalue weighted by Gasteiger charge is -2.44. The predicted octanol–water partition coefficient (Wildman–Crippen LogP) is 3.37. The molecule has 1 aliphatic carbocycles. The summed E-state index contributed by atoms with van der Waals surface area (Å²) in [4.78, 5) is 17.9. The number of benzene rings is 1. The molecule has 1 amide bonds. The van der Waals surface area contributed by atoms with Gasteiger partial charge >= 0.3 is 0 Å². The fourth-order valence-electron chi connectivity index (χ4n) is 4.30. The number of aryl methyl sites for hydroxylation is 1. The third-order valence-corrected chi connectivity index (χ3v) is 5.76. The number of hydrogen-bond donors (Lipinski definition) is 0. The molecule has 22 heavy (non-hydrogen) atoms. The van der Waals surface area contributed by atoms with E-state index in [-0.39, 0.29) is 5.54 Å². The lowest BCUT2D eigenvalue weighted by Crippen LogP contribution is -2.60. The summed E-state index contributed by atoms with van der Waals surface area (Å²) in [6, 6.07) is 8.43. The van der Waals surface area contributed by atoms with Gasteiger partial charge in [0.05, 0.1) is 0 Å². The Morgan fingerprint density at radius 3 is 2.45 bits per heavy atom. The van der Waals surface area contributed by atoms with Crippen LogP contribution in [-0.2, 0) is 4.79 Å². The van der Waals surface area contributed by atoms with Gasteiger partial charge < -0.3 is 4.90 Å². The van der Waals surface area contributed by atoms with Gasteiger partial charge in [-0.05, 0) is 70.0 Å². The van der Waals surface area contributed by atoms with Crippen molar-refractivity contribution in [3.05, 3.63) is 29.8 Å². The van der Waals surface area contributed by atoms with Crippen LogP contribution in [0.15, 0.2) is 24.3 Å². The SMILES string of the molecule is Cc1ccc(N2CCCC3(CCCN3CC3CC3)C2=O)cc1. The number of likely N-dealkylation sites (tertiary alicyclic amines) is 1. The summed E-state index contributed by atoms with van der Waals surface area (Å²) in [5.41, 5.74) is 2.14. The van der Waals surface area contributed by atoms with Crippen LogP contribution in [0.25, 0.3) is 0 Å². The maximum atomic E-state index is 13.3. The Hall–Kier alpha value is -1.35. The molecule has 0 aromatic heterocycles. The first-order valence-electron chi connectivity index (χ1n) is 8.83. The highest BCUT2D eigenvalue weighted by molar-refractivity contribution is 6.01. The lowest BCUT2D eigenvalue weighted by molar-refractivity contribution is -0.131. The molecule has 3 aliphatic rings. The Bertz CT molecular complexity index is 563. The number of nitrogens with zero attached hydrogens (tertiary/aromatic N) is 2. The number of amides is 1. The molecule has 1 saturated carbocycles. The van der Waals surface area contributed by atoms with Crippen LogP contribution < -0.4 is 4.90 Å². The first kappa shape index (κ1) is 14.3. The van der Waals surface area contributed by atoms with Crippen LogP contribution in [0.3, 0.4) is 0 Å². The fraction of sp³-hybridized carbons (Fsp3) is 0.632. The molecule has 0 bridgehead atoms. The van der Waals surface area contributed by atoms with Gasteiger partial charge in [0.25, 0.3) is 0 Å². The van der Waals surface area contributed by atoms with Gasteiger partial charge in [-0.25, -0.2) is 0 Å². The molecule has 3 fully saturated rings. The minimum atomic E-state index is -0.189. The van der Waals surface area contributed by atoms with Crippen molar-refractivity contribution in [3.63, 3.8) is 0 Å². The van der Waals surface area contributed by atoms with Crippen LogP contribution in [-0.4, -0.2) is 36.0 Å². The number of rotatable bonds is 3. The van der Waals surface area contributed by atoms with Crippen LogP contribution in [0, 0.1) is 12.8 Å². The molecule has 3 nitrogen and oxygen atoms in total. The van der Waals surface area contributed by atoms with Gasteiger partial charge in [-0.3, -0.25) is 9.69 Å². The minimum Gasteiger partial charge on any atom is -0.311 e. The Morgan fingerprint density at radius 2 is 1.77 bits per heavy atom. The monoisotopic (exact) mass is 298 g/mol. The van der Waals surface area contributed by atoms with Gasteiger partial charge in [0.15, 0.2) is 0 Å². The smallest absolute Gasteiger partial charge is 0.247 e. The second kappa shape index (κ2) is 5.38. The Labute approximate surface area is 133 Å². The van der Waals surface area contributed by atoms with Crippen LogP contribution in [0.2, 0.25) is 0 Å². The van der Waals surface area contributed by atoms with Crippen molar-refractivity contribution < 1.29 is 4.79 Å². The molecular weight excluding hydrogens is 272 g/mol. The van der Waals surface area contributed by atoms with Gasteiger partial charge in [-0.2, -0.15) is 0 Å². The zero-order valence-electron chi connectivity index (χ0n) is 13.6. The molecule has 2 heterocycles. The minimum absolute atomic E-state index is 0.189. The van der Waals surface area contributed by atoms with Crippen molar-refractivity contribution >= 4 is 11.6 Å². The molecule has 4 rings (SSSR count). The maximum Gasteiger partial charge on any atom is 0.247 e. The fourth-order valence-corrected chi connectivity index (χ4v) is 4.30. The van der Waals surface area contributed by atoms with E-state index in [0.717, 1.165) is 50.5 Å². The number of hydrogen-bond acceptors (Lipinski definition) is 2. The van der Waals surface area contributed by atoms with Crippen LogP contribution in [0.4, 0.5) is 5.69 Å². The van der Waals surface area contributed by atoms with Crippen molar-refractivity contribution in [2.45, 2.75) is 51.0 Å². The molecule has 2 aliphatic heterocycles. The van der Waals surface area contributed by atoms with E-state index >= 15 is 0 Å². The third kappa shape index (κ3) is 2.36. The van der Waals surface area contributed by atoms with Gasteiger partial charge in [0.2, 0.25) is 5.91 Å². The third-order valence-electron chi connectivity index (χ3n) is 5.76. The Balaban J connectivity index is 1.60. The molecule has 0 N–H and O–H groups in total. The van der Waals surface area contributed by atoms with E-state index in [9.17, 15) is 4.79 Å². The molecule has 118 valence electrons. The second-order valence-electron chi connectivity index (χ2n) is 7.42. The number of piperidine rings is 1. The summed E-state index contributed by atoms with van der Waals surface area (Å²) in [6.07, 6.45) is 7.15. The molecule has 0 radical (unpaired) electrons. The number of carbonyl (C=O) groups is 1. The van der Waals surface area contributed by atoms with E-state index in [1.165, 1.54) is 24.8 Å². The highest BCUT2D eigenvalue weighted by Gasteiger charge is 2.51. The summed E-state index contributed by atoms with van der Waals surface area (Å²) in [6.45, 7) is 5.23. The van der Waals surface area contributed by atoms with E-state index < -0.39 is 0 Å². The Morgan fingerprint density at radius 1 is 1.09 bits per heavy atom. The van der Waals surface area contributed by atoms with E-state index in [4.69, 9.17) is 0 Å². The molecule has 1 atom stereocenters. The summed E-state index contributed by atoms with van der Waals surface area (Å²) in [5, 5.41) is 0. The first-order valence-corrected chi connectivity index (χ1v) is 8.83. The van der Waals surface area contributed by atoms with Crippen molar-refractivity contribution in [1.82, 2.24) is 4.90 Å². The summed E-state index contributed by atoms with van der Waals surface area (Å²) < 4.78 is 0. The molecule has 1 spiro atoms. The van der Waals surface area contributed by atoms with Gasteiger partial charge in [0.1, 0.15) is 5.54 Å². The quantitative estimate of drug-likeness (QED) is 0.854. The summed E-state index contributed by atoms with van der Waals surface area (Å²) in [5.74, 6) is 1.22. The predicted molar refractivity (Wildman–Crippen MR) is 89.0 cm³/mol. The molecule has 3 heteroatoms. The average Bonchev–Trinajstić information content (AvgIpc) is 3.25. The highest BCUT2D eigenvalue weighted by atomic mass is 16.2. The number of anilines is 1. The average molecular weight is 298 g/mol. The van der Waals surface area contributed by atoms with E-state index in [1.54, 1.807) is 0 Å². The molecule has 1 unspecified atom stereocenters. The van der Waals surface area contributed by atoms with Crippen LogP contribution in [0.5, 0.6) is 0 Å². The zero-order chi connectivity index (χ0) is 15.2. The van der Waals surface area contributed by atoms with Crippen LogP contribution >= 0.6 is 0 Å². The first-order chi connectivity index (χ1) is 10.7. The molecule has 1 aromatic carbocycles. The summed E-state index contributed by atoms with van der Waals surface area (Å²) >= 11 is 0. The van der Waals surface area contributed by atoms with E-state index in [1.807, 2.05) is 4.90 Å². The maximum absolute atomic E-state index is 13.3. The van der Waals surface area contributed by atoms with Crippen molar-refractivity contribution in [3.8, 4) is 0 Å². The van der Waals surface area contributed by atoms with Gasteiger partial charge in [0, 0.05) is 18.8 Å². The van der Waals surface area contributed by atoms with Gasteiger partial charge in [-0.15, -0.1) is 0 Å². The zero-order valence-corrected chi connectivity index (χ0v) is 13.6. The standard InChI is InChI=1S/C19H26N2O/c1-15-4-8-17(9-5-15)21-13-3-11-19(18(21)22)10-2-12-20(19)14-16-6-7-16/h4-5,8-9,16H,2-3,6-7,10-14H2,1H3.